The molecule has 0 saturated heterocycles. The number of nitrogens with zero attached hydrogens (tertiary/aromatic N) is 2. The molecule has 1 aliphatic rings. The Labute approximate surface area is 124 Å². The summed E-state index contributed by atoms with van der Waals surface area (Å²) in [7, 11) is 2.16. The third-order valence-corrected chi connectivity index (χ3v) is 5.07. The van der Waals surface area contributed by atoms with E-state index in [0.29, 0.717) is 6.54 Å². The van der Waals surface area contributed by atoms with E-state index in [1.807, 2.05) is 11.3 Å². The van der Waals surface area contributed by atoms with Gasteiger partial charge in [0.25, 0.3) is 0 Å². The highest BCUT2D eigenvalue weighted by molar-refractivity contribution is 7.12. The summed E-state index contributed by atoms with van der Waals surface area (Å²) in [5, 5.41) is 0. The average Bonchev–Trinajstić information content (AvgIpc) is 2.89. The highest BCUT2D eigenvalue weighted by Gasteiger charge is 2.27. The van der Waals surface area contributed by atoms with Crippen molar-refractivity contribution in [2.75, 3.05) is 36.5 Å². The Hall–Kier alpha value is -1.52. The van der Waals surface area contributed by atoms with Gasteiger partial charge in [-0.3, -0.25) is 0 Å². The zero-order chi connectivity index (χ0) is 14.1. The lowest BCUT2D eigenvalue weighted by atomic mass is 10.1. The molecule has 0 bridgehead atoms. The number of anilines is 2. The van der Waals surface area contributed by atoms with Crippen LogP contribution >= 0.6 is 11.3 Å². The Morgan fingerprint density at radius 2 is 1.90 bits per heavy atom. The van der Waals surface area contributed by atoms with Crippen LogP contribution in [0.2, 0.25) is 0 Å². The van der Waals surface area contributed by atoms with E-state index in [-0.39, 0.29) is 6.04 Å². The lowest BCUT2D eigenvalue weighted by Crippen LogP contribution is -2.43. The number of fused-ring (bicyclic) bond motifs is 1. The fraction of sp³-hybridized carbons (Fsp3) is 0.375. The van der Waals surface area contributed by atoms with Crippen molar-refractivity contribution in [2.24, 2.45) is 5.73 Å². The Morgan fingerprint density at radius 3 is 2.55 bits per heavy atom. The van der Waals surface area contributed by atoms with Crippen LogP contribution in [-0.4, -0.2) is 26.7 Å². The molecule has 20 heavy (non-hydrogen) atoms. The van der Waals surface area contributed by atoms with Gasteiger partial charge in [0.15, 0.2) is 0 Å². The van der Waals surface area contributed by atoms with Gasteiger partial charge in [0.1, 0.15) is 0 Å². The summed E-state index contributed by atoms with van der Waals surface area (Å²) >= 11 is 1.85. The van der Waals surface area contributed by atoms with E-state index in [0.717, 1.165) is 13.1 Å². The van der Waals surface area contributed by atoms with E-state index in [2.05, 4.69) is 60.2 Å². The van der Waals surface area contributed by atoms with Crippen LogP contribution in [0.4, 0.5) is 11.4 Å². The number of likely N-dealkylation sites (N-methyl/N-ethyl adjacent to an activating group) is 1. The molecule has 2 aromatic rings. The summed E-state index contributed by atoms with van der Waals surface area (Å²) in [4.78, 5) is 7.49. The number of para-hydroxylation sites is 2. The number of thiophene rings is 1. The van der Waals surface area contributed by atoms with E-state index in [1.165, 1.54) is 21.1 Å². The Kier molecular flexibility index (Phi) is 3.68. The highest BCUT2D eigenvalue weighted by atomic mass is 32.1. The van der Waals surface area contributed by atoms with Gasteiger partial charge in [0.05, 0.1) is 17.4 Å². The van der Waals surface area contributed by atoms with Gasteiger partial charge in [-0.25, -0.2) is 0 Å². The van der Waals surface area contributed by atoms with Crippen LogP contribution in [0.1, 0.15) is 15.8 Å². The highest BCUT2D eigenvalue weighted by Crippen LogP contribution is 2.38. The van der Waals surface area contributed by atoms with Gasteiger partial charge in [-0.05, 0) is 31.2 Å². The normalized spacial score (nSPS) is 16.1. The SMILES string of the molecule is Cc1ccc(C(CN)N2CCN(C)c3ccccc32)s1. The molecule has 2 heterocycles. The zero-order valence-electron chi connectivity index (χ0n) is 12.0. The topological polar surface area (TPSA) is 32.5 Å². The van der Waals surface area contributed by atoms with E-state index in [4.69, 9.17) is 5.73 Å². The van der Waals surface area contributed by atoms with E-state index >= 15 is 0 Å². The van der Waals surface area contributed by atoms with Gasteiger partial charge in [0, 0.05) is 36.4 Å². The van der Waals surface area contributed by atoms with Crippen molar-refractivity contribution < 1.29 is 0 Å². The van der Waals surface area contributed by atoms with Gasteiger partial charge in [-0.1, -0.05) is 12.1 Å². The first-order chi connectivity index (χ1) is 9.70. The first-order valence-corrected chi connectivity index (χ1v) is 7.85. The van der Waals surface area contributed by atoms with Crippen molar-refractivity contribution in [3.05, 3.63) is 46.2 Å². The monoisotopic (exact) mass is 287 g/mol. The van der Waals surface area contributed by atoms with Gasteiger partial charge in [-0.2, -0.15) is 0 Å². The summed E-state index contributed by atoms with van der Waals surface area (Å²) in [5.74, 6) is 0. The van der Waals surface area contributed by atoms with Crippen LogP contribution in [0.5, 0.6) is 0 Å². The Bertz CT molecular complexity index is 593. The van der Waals surface area contributed by atoms with Crippen molar-refractivity contribution in [3.8, 4) is 0 Å². The van der Waals surface area contributed by atoms with Crippen LogP contribution in [-0.2, 0) is 0 Å². The summed E-state index contributed by atoms with van der Waals surface area (Å²) in [6.45, 7) is 4.86. The molecule has 1 atom stereocenters. The van der Waals surface area contributed by atoms with Crippen LogP contribution in [0.15, 0.2) is 36.4 Å². The number of benzene rings is 1. The van der Waals surface area contributed by atoms with E-state index in [1.54, 1.807) is 0 Å². The molecule has 0 saturated carbocycles. The number of rotatable bonds is 3. The Morgan fingerprint density at radius 1 is 1.15 bits per heavy atom. The smallest absolute Gasteiger partial charge is 0.0758 e. The third kappa shape index (κ3) is 2.30. The molecule has 1 aromatic carbocycles. The second kappa shape index (κ2) is 5.46. The van der Waals surface area contributed by atoms with Crippen molar-refractivity contribution in [2.45, 2.75) is 13.0 Å². The van der Waals surface area contributed by atoms with Crippen LogP contribution in [0, 0.1) is 6.92 Å². The minimum atomic E-state index is 0.281. The first kappa shape index (κ1) is 13.5. The van der Waals surface area contributed by atoms with Crippen molar-refractivity contribution in [1.82, 2.24) is 0 Å². The molecule has 0 amide bonds. The minimum absolute atomic E-state index is 0.281. The molecular weight excluding hydrogens is 266 g/mol. The fourth-order valence-electron chi connectivity index (χ4n) is 2.88. The van der Waals surface area contributed by atoms with Crippen LogP contribution in [0.3, 0.4) is 0 Å². The molecule has 0 aliphatic carbocycles. The summed E-state index contributed by atoms with van der Waals surface area (Å²) < 4.78 is 0. The predicted molar refractivity (Wildman–Crippen MR) is 87.9 cm³/mol. The van der Waals surface area contributed by atoms with E-state index < -0.39 is 0 Å². The molecule has 4 heteroatoms. The second-order valence-corrected chi connectivity index (χ2v) is 6.62. The second-order valence-electron chi connectivity index (χ2n) is 5.30. The molecule has 1 unspecified atom stereocenters. The predicted octanol–water partition coefficient (Wildman–Crippen LogP) is 3.01. The molecule has 0 spiro atoms. The van der Waals surface area contributed by atoms with Gasteiger partial charge in [-0.15, -0.1) is 11.3 Å². The number of aryl methyl sites for hydroxylation is 1. The summed E-state index contributed by atoms with van der Waals surface area (Å²) in [5.41, 5.74) is 8.68. The fourth-order valence-corrected chi connectivity index (χ4v) is 3.89. The van der Waals surface area contributed by atoms with Crippen molar-refractivity contribution in [3.63, 3.8) is 0 Å². The molecule has 3 rings (SSSR count). The molecule has 0 fully saturated rings. The van der Waals surface area contributed by atoms with Crippen LogP contribution in [0.25, 0.3) is 0 Å². The molecule has 1 aliphatic heterocycles. The number of hydrogen-bond acceptors (Lipinski definition) is 4. The maximum Gasteiger partial charge on any atom is 0.0758 e. The van der Waals surface area contributed by atoms with Crippen LogP contribution < -0.4 is 15.5 Å². The molecule has 2 N–H and O–H groups in total. The third-order valence-electron chi connectivity index (χ3n) is 3.97. The van der Waals surface area contributed by atoms with Gasteiger partial charge in [0.2, 0.25) is 0 Å². The molecule has 1 aromatic heterocycles. The Balaban J connectivity index is 1.99. The zero-order valence-corrected chi connectivity index (χ0v) is 12.9. The van der Waals surface area contributed by atoms with Gasteiger partial charge >= 0.3 is 0 Å². The average molecular weight is 287 g/mol. The standard InChI is InChI=1S/C16H21N3S/c1-12-7-8-16(20-12)15(11-17)19-10-9-18(2)13-5-3-4-6-14(13)19/h3-8,15H,9-11,17H2,1-2H3. The lowest BCUT2D eigenvalue weighted by molar-refractivity contribution is 0.618. The maximum atomic E-state index is 6.09. The van der Waals surface area contributed by atoms with Crippen molar-refractivity contribution in [1.29, 1.82) is 0 Å². The van der Waals surface area contributed by atoms with Gasteiger partial charge < -0.3 is 15.5 Å². The largest absolute Gasteiger partial charge is 0.371 e. The number of nitrogens with two attached hydrogens (primary N) is 1. The summed E-state index contributed by atoms with van der Waals surface area (Å²) in [6.07, 6.45) is 0. The molecule has 3 nitrogen and oxygen atoms in total. The van der Waals surface area contributed by atoms with E-state index in [9.17, 15) is 0 Å². The lowest BCUT2D eigenvalue weighted by Gasteiger charge is -2.41. The minimum Gasteiger partial charge on any atom is -0.371 e. The molecule has 106 valence electrons. The first-order valence-electron chi connectivity index (χ1n) is 7.04. The van der Waals surface area contributed by atoms with Crippen molar-refractivity contribution >= 4 is 22.7 Å². The molecule has 0 radical (unpaired) electrons. The quantitative estimate of drug-likeness (QED) is 0.942. The molecular formula is C16H21N3S. The maximum absolute atomic E-state index is 6.09. The summed E-state index contributed by atoms with van der Waals surface area (Å²) in [6, 6.07) is 13.3. The number of hydrogen-bond donors (Lipinski definition) is 1.